The Morgan fingerprint density at radius 1 is 1.33 bits per heavy atom. The third kappa shape index (κ3) is 2.26. The highest BCUT2D eigenvalue weighted by atomic mass is 16.1. The van der Waals surface area contributed by atoms with Crippen molar-refractivity contribution in [2.24, 2.45) is 5.73 Å². The topological polar surface area (TPSA) is 80.9 Å². The molecule has 2 aromatic rings. The Balaban J connectivity index is 2.34. The first-order valence-corrected chi connectivity index (χ1v) is 5.74. The molecular formula is C13H15N3O2. The largest absolute Gasteiger partial charge is 0.330 e. The van der Waals surface area contributed by atoms with Crippen LogP contribution in [0.1, 0.15) is 22.5 Å². The Hall–Kier alpha value is -2.14. The Bertz CT molecular complexity index is 608. The van der Waals surface area contributed by atoms with Crippen LogP contribution in [0.25, 0.3) is 5.69 Å². The lowest BCUT2D eigenvalue weighted by Crippen LogP contribution is -2.16. The van der Waals surface area contributed by atoms with E-state index in [2.05, 4.69) is 4.98 Å². The Kier molecular flexibility index (Phi) is 3.43. The second kappa shape index (κ2) is 5.01. The Morgan fingerprint density at radius 2 is 2.00 bits per heavy atom. The number of nitrogens with zero attached hydrogens (tertiary/aromatic N) is 1. The zero-order chi connectivity index (χ0) is 13.1. The Morgan fingerprint density at radius 3 is 2.50 bits per heavy atom. The first kappa shape index (κ1) is 12.3. The van der Waals surface area contributed by atoms with Crippen molar-refractivity contribution in [1.29, 1.82) is 0 Å². The lowest BCUT2D eigenvalue weighted by molar-refractivity contribution is 0.0985. The zero-order valence-electron chi connectivity index (χ0n) is 10.1. The van der Waals surface area contributed by atoms with Gasteiger partial charge in [0.05, 0.1) is 5.69 Å². The van der Waals surface area contributed by atoms with E-state index in [-0.39, 0.29) is 11.5 Å². The van der Waals surface area contributed by atoms with Crippen LogP contribution >= 0.6 is 0 Å². The number of ketones is 1. The number of hydrogen-bond donors (Lipinski definition) is 2. The van der Waals surface area contributed by atoms with Crippen molar-refractivity contribution < 1.29 is 4.79 Å². The van der Waals surface area contributed by atoms with E-state index in [1.165, 1.54) is 0 Å². The predicted molar refractivity (Wildman–Crippen MR) is 69.1 cm³/mol. The van der Waals surface area contributed by atoms with E-state index < -0.39 is 0 Å². The maximum Gasteiger partial charge on any atom is 0.330 e. The highest BCUT2D eigenvalue weighted by Gasteiger charge is 2.07. The summed E-state index contributed by atoms with van der Waals surface area (Å²) in [4.78, 5) is 25.8. The smallest absolute Gasteiger partial charge is 0.330 e. The van der Waals surface area contributed by atoms with E-state index in [0.717, 1.165) is 11.4 Å². The number of nitrogens with two attached hydrogens (primary N) is 1. The molecule has 0 radical (unpaired) electrons. The second-order valence-corrected chi connectivity index (χ2v) is 4.08. The van der Waals surface area contributed by atoms with Gasteiger partial charge in [-0.25, -0.2) is 4.79 Å². The summed E-state index contributed by atoms with van der Waals surface area (Å²) in [7, 11) is 0. The molecule has 5 heteroatoms. The molecule has 0 atom stereocenters. The number of H-pyrrole nitrogens is 1. The molecule has 0 unspecified atom stereocenters. The highest BCUT2D eigenvalue weighted by Crippen LogP contribution is 2.11. The van der Waals surface area contributed by atoms with Gasteiger partial charge in [-0.15, -0.1) is 0 Å². The number of benzene rings is 1. The molecule has 1 aromatic heterocycles. The van der Waals surface area contributed by atoms with Gasteiger partial charge in [0.1, 0.15) is 0 Å². The van der Waals surface area contributed by atoms with Gasteiger partial charge in [-0.2, -0.15) is 0 Å². The minimum atomic E-state index is -0.187. The fourth-order valence-corrected chi connectivity index (χ4v) is 1.85. The Labute approximate surface area is 104 Å². The molecule has 0 saturated heterocycles. The van der Waals surface area contributed by atoms with Crippen molar-refractivity contribution in [2.45, 2.75) is 13.3 Å². The number of carbonyl (C=O) groups excluding carboxylic acids is 1. The minimum Gasteiger partial charge on any atom is -0.330 e. The van der Waals surface area contributed by atoms with Crippen LogP contribution in [0.4, 0.5) is 0 Å². The maximum atomic E-state index is 11.6. The van der Waals surface area contributed by atoms with Gasteiger partial charge in [0.25, 0.3) is 0 Å². The van der Waals surface area contributed by atoms with Gasteiger partial charge in [0.2, 0.25) is 0 Å². The molecule has 0 fully saturated rings. The third-order valence-corrected chi connectivity index (χ3v) is 2.78. The van der Waals surface area contributed by atoms with E-state index >= 15 is 0 Å². The molecule has 0 amide bonds. The van der Waals surface area contributed by atoms with E-state index in [1.807, 2.05) is 6.92 Å². The molecule has 1 aromatic carbocycles. The van der Waals surface area contributed by atoms with Gasteiger partial charge in [-0.1, -0.05) is 0 Å². The number of imidazole rings is 1. The number of nitrogens with one attached hydrogen (secondary N) is 1. The van der Waals surface area contributed by atoms with E-state index in [1.54, 1.807) is 35.0 Å². The summed E-state index contributed by atoms with van der Waals surface area (Å²) in [5.41, 5.74) is 7.33. The number of aryl methyl sites for hydroxylation is 1. The third-order valence-electron chi connectivity index (χ3n) is 2.78. The van der Waals surface area contributed by atoms with Crippen LogP contribution in [0.3, 0.4) is 0 Å². The van der Waals surface area contributed by atoms with Crippen LogP contribution in [0.5, 0.6) is 0 Å². The summed E-state index contributed by atoms with van der Waals surface area (Å²) < 4.78 is 1.55. The molecule has 3 N–H and O–H groups in total. The van der Waals surface area contributed by atoms with E-state index in [9.17, 15) is 9.59 Å². The summed E-state index contributed by atoms with van der Waals surface area (Å²) in [6.45, 7) is 2.18. The van der Waals surface area contributed by atoms with Crippen molar-refractivity contribution in [1.82, 2.24) is 9.55 Å². The number of Topliss-reactive ketones (excluding diaryl/α,β-unsaturated/α-hetero) is 1. The predicted octanol–water partition coefficient (Wildman–Crippen LogP) is 1.01. The lowest BCUT2D eigenvalue weighted by atomic mass is 10.1. The number of carbonyl (C=O) groups is 1. The molecule has 1 heterocycles. The average Bonchev–Trinajstić information content (AvgIpc) is 2.70. The van der Waals surface area contributed by atoms with Crippen molar-refractivity contribution in [3.8, 4) is 5.69 Å². The van der Waals surface area contributed by atoms with Gasteiger partial charge in [0.15, 0.2) is 5.78 Å². The second-order valence-electron chi connectivity index (χ2n) is 4.08. The molecular weight excluding hydrogens is 230 g/mol. The SMILES string of the molecule is Cc1c[nH]c(=O)n1-c1ccc(C(=O)CCN)cc1. The van der Waals surface area contributed by atoms with Crippen LogP contribution in [-0.2, 0) is 0 Å². The molecule has 18 heavy (non-hydrogen) atoms. The zero-order valence-corrected chi connectivity index (χ0v) is 10.1. The van der Waals surface area contributed by atoms with Crippen molar-refractivity contribution in [3.05, 3.63) is 52.2 Å². The molecule has 94 valence electrons. The maximum absolute atomic E-state index is 11.6. The van der Waals surface area contributed by atoms with E-state index in [0.29, 0.717) is 18.5 Å². The normalized spacial score (nSPS) is 10.6. The van der Waals surface area contributed by atoms with Crippen molar-refractivity contribution >= 4 is 5.78 Å². The van der Waals surface area contributed by atoms with E-state index in [4.69, 9.17) is 5.73 Å². The average molecular weight is 245 g/mol. The van der Waals surface area contributed by atoms with Gasteiger partial charge >= 0.3 is 5.69 Å². The molecule has 0 aliphatic carbocycles. The summed E-state index contributed by atoms with van der Waals surface area (Å²) >= 11 is 0. The minimum absolute atomic E-state index is 0.0159. The molecule has 0 aliphatic rings. The molecule has 0 saturated carbocycles. The standard InChI is InChI=1S/C13H15N3O2/c1-9-8-15-13(18)16(9)11-4-2-10(3-5-11)12(17)6-7-14/h2-5,8H,6-7,14H2,1H3,(H,15,18). The van der Waals surface area contributed by atoms with Gasteiger partial charge < -0.3 is 10.7 Å². The van der Waals surface area contributed by atoms with Gasteiger partial charge in [-0.05, 0) is 37.7 Å². The first-order chi connectivity index (χ1) is 8.63. The van der Waals surface area contributed by atoms with Crippen molar-refractivity contribution in [2.75, 3.05) is 6.54 Å². The molecule has 0 aliphatic heterocycles. The van der Waals surface area contributed by atoms with Gasteiger partial charge in [-0.3, -0.25) is 9.36 Å². The highest BCUT2D eigenvalue weighted by molar-refractivity contribution is 5.96. The molecule has 0 bridgehead atoms. The molecule has 2 rings (SSSR count). The summed E-state index contributed by atoms with van der Waals surface area (Å²) in [6, 6.07) is 6.94. The monoisotopic (exact) mass is 245 g/mol. The van der Waals surface area contributed by atoms with Crippen LogP contribution < -0.4 is 11.4 Å². The number of hydrogen-bond acceptors (Lipinski definition) is 3. The summed E-state index contributed by atoms with van der Waals surface area (Å²) in [5.74, 6) is 0.0159. The van der Waals surface area contributed by atoms with Crippen molar-refractivity contribution in [3.63, 3.8) is 0 Å². The molecule has 0 spiro atoms. The number of rotatable bonds is 4. The lowest BCUT2D eigenvalue weighted by Gasteiger charge is -2.05. The van der Waals surface area contributed by atoms with Crippen LogP contribution in [0.2, 0.25) is 0 Å². The van der Waals surface area contributed by atoms with Crippen LogP contribution in [0.15, 0.2) is 35.3 Å². The number of aromatic nitrogens is 2. The fourth-order valence-electron chi connectivity index (χ4n) is 1.85. The quantitative estimate of drug-likeness (QED) is 0.789. The summed E-state index contributed by atoms with van der Waals surface area (Å²) in [5, 5.41) is 0. The van der Waals surface area contributed by atoms with Crippen LogP contribution in [0, 0.1) is 6.92 Å². The fraction of sp³-hybridized carbons (Fsp3) is 0.231. The summed E-state index contributed by atoms with van der Waals surface area (Å²) in [6.07, 6.45) is 1.98. The first-order valence-electron chi connectivity index (χ1n) is 5.74. The van der Waals surface area contributed by atoms with Gasteiger partial charge in [0, 0.05) is 23.9 Å². The number of aromatic amines is 1. The van der Waals surface area contributed by atoms with Crippen LogP contribution in [-0.4, -0.2) is 21.9 Å². The molecule has 5 nitrogen and oxygen atoms in total.